The van der Waals surface area contributed by atoms with Gasteiger partial charge in [0.1, 0.15) is 23.1 Å². The molecule has 0 atom stereocenters. The lowest BCUT2D eigenvalue weighted by molar-refractivity contribution is -0.140. The first kappa shape index (κ1) is 18.0. The van der Waals surface area contributed by atoms with Crippen molar-refractivity contribution < 1.29 is 26.7 Å². The molecule has 9 heteroatoms. The van der Waals surface area contributed by atoms with Crippen LogP contribution in [0, 0.1) is 11.6 Å². The van der Waals surface area contributed by atoms with E-state index in [0.717, 1.165) is 17.5 Å². The molecule has 1 aromatic rings. The van der Waals surface area contributed by atoms with E-state index in [1.165, 1.54) is 0 Å². The fourth-order valence-electron chi connectivity index (χ4n) is 1.65. The Morgan fingerprint density at radius 3 is 2.48 bits per heavy atom. The van der Waals surface area contributed by atoms with Crippen molar-refractivity contribution in [1.29, 1.82) is 0 Å². The monoisotopic (exact) mass is 385 g/mol. The van der Waals surface area contributed by atoms with Gasteiger partial charge in [0.25, 0.3) is 0 Å². The Morgan fingerprint density at radius 2 is 2.00 bits per heavy atom. The first-order valence-electron chi connectivity index (χ1n) is 5.95. The second kappa shape index (κ2) is 7.28. The normalized spacial score (nSPS) is 11.7. The molecule has 1 rings (SSSR count). The van der Waals surface area contributed by atoms with Crippen molar-refractivity contribution >= 4 is 31.9 Å². The number of hydrogen-bond acceptors (Lipinski definition) is 4. The van der Waals surface area contributed by atoms with Gasteiger partial charge in [0.05, 0.1) is 7.11 Å². The number of methoxy groups -OCH3 is 1. The Balaban J connectivity index is 3.32. The molecule has 5 nitrogen and oxygen atoms in total. The lowest BCUT2D eigenvalue weighted by Gasteiger charge is -2.21. The maximum Gasteiger partial charge on any atom is 0.321 e. The molecule has 0 saturated heterocycles. The molecule has 0 bridgehead atoms. The van der Waals surface area contributed by atoms with E-state index in [9.17, 15) is 22.0 Å². The summed E-state index contributed by atoms with van der Waals surface area (Å²) in [5.74, 6) is -2.91. The van der Waals surface area contributed by atoms with Gasteiger partial charge in [0, 0.05) is 17.1 Å². The van der Waals surface area contributed by atoms with Crippen molar-refractivity contribution in [2.45, 2.75) is 18.2 Å². The third-order valence-electron chi connectivity index (χ3n) is 2.57. The first-order valence-corrected chi connectivity index (χ1v) is 8.18. The number of rotatable bonds is 6. The number of ether oxygens (including phenoxy) is 1. The Hall–Kier alpha value is -1.06. The van der Waals surface area contributed by atoms with E-state index in [2.05, 4.69) is 20.7 Å². The summed E-state index contributed by atoms with van der Waals surface area (Å²) < 4.78 is 56.8. The van der Waals surface area contributed by atoms with Crippen LogP contribution in [0.1, 0.15) is 13.3 Å². The van der Waals surface area contributed by atoms with Crippen molar-refractivity contribution in [2.75, 3.05) is 20.2 Å². The fraction of sp³-hybridized carbons (Fsp3) is 0.417. The van der Waals surface area contributed by atoms with Crippen molar-refractivity contribution in [1.82, 2.24) is 4.31 Å². The van der Waals surface area contributed by atoms with E-state index in [1.54, 1.807) is 6.92 Å². The second-order valence-corrected chi connectivity index (χ2v) is 6.84. The lowest BCUT2D eigenvalue weighted by Crippen LogP contribution is -2.37. The highest BCUT2D eigenvalue weighted by molar-refractivity contribution is 9.10. The highest BCUT2D eigenvalue weighted by Gasteiger charge is 2.31. The average molecular weight is 386 g/mol. The molecule has 0 saturated carbocycles. The predicted molar refractivity (Wildman–Crippen MR) is 75.1 cm³/mol. The van der Waals surface area contributed by atoms with E-state index >= 15 is 0 Å². The molecule has 0 fully saturated rings. The minimum Gasteiger partial charge on any atom is -0.468 e. The highest BCUT2D eigenvalue weighted by atomic mass is 79.9. The third kappa shape index (κ3) is 4.21. The van der Waals surface area contributed by atoms with Crippen LogP contribution in [-0.2, 0) is 19.6 Å². The molecule has 0 heterocycles. The number of carbonyl (C=O) groups is 1. The summed E-state index contributed by atoms with van der Waals surface area (Å²) in [6, 6.07) is 1.32. The quantitative estimate of drug-likeness (QED) is 0.704. The zero-order chi connectivity index (χ0) is 16.2. The minimum absolute atomic E-state index is 0.000684. The van der Waals surface area contributed by atoms with Gasteiger partial charge in [-0.05, 0) is 28.4 Å². The summed E-state index contributed by atoms with van der Waals surface area (Å²) in [5.41, 5.74) is 0. The van der Waals surface area contributed by atoms with Crippen LogP contribution in [0.3, 0.4) is 0 Å². The van der Waals surface area contributed by atoms with Crippen LogP contribution in [0.2, 0.25) is 0 Å². The van der Waals surface area contributed by atoms with Gasteiger partial charge in [-0.2, -0.15) is 4.31 Å². The largest absolute Gasteiger partial charge is 0.468 e. The highest BCUT2D eigenvalue weighted by Crippen LogP contribution is 2.29. The predicted octanol–water partition coefficient (Wildman–Crippen LogP) is 2.30. The molecule has 1 aromatic carbocycles. The van der Waals surface area contributed by atoms with Gasteiger partial charge in [0.15, 0.2) is 0 Å². The van der Waals surface area contributed by atoms with Crippen molar-refractivity contribution in [3.63, 3.8) is 0 Å². The molecule has 0 aliphatic carbocycles. The van der Waals surface area contributed by atoms with Crippen molar-refractivity contribution in [3.05, 3.63) is 28.2 Å². The number of nitrogens with zero attached hydrogens (tertiary/aromatic N) is 1. The average Bonchev–Trinajstić information content (AvgIpc) is 2.36. The Bertz CT molecular complexity index is 613. The number of carbonyl (C=O) groups excluding carboxylic acids is 1. The summed E-state index contributed by atoms with van der Waals surface area (Å²) in [4.78, 5) is 10.6. The summed E-state index contributed by atoms with van der Waals surface area (Å²) in [6.45, 7) is 1.16. The Kier molecular flexibility index (Phi) is 6.24. The Morgan fingerprint density at radius 1 is 1.38 bits per heavy atom. The molecule has 118 valence electrons. The Labute approximate surface area is 130 Å². The summed E-state index contributed by atoms with van der Waals surface area (Å²) in [7, 11) is -3.18. The van der Waals surface area contributed by atoms with Gasteiger partial charge >= 0.3 is 5.97 Å². The smallest absolute Gasteiger partial charge is 0.321 e. The standard InChI is InChI=1S/C12H14BrF2NO4S/c1-3-4-16(7-11(17)20-2)21(18,19)12-9(13)5-8(14)6-10(12)15/h5-6H,3-4,7H2,1-2H3. The maximum atomic E-state index is 13.8. The molecule has 21 heavy (non-hydrogen) atoms. The lowest BCUT2D eigenvalue weighted by atomic mass is 10.3. The zero-order valence-electron chi connectivity index (χ0n) is 11.4. The molecule has 0 unspecified atom stereocenters. The van der Waals surface area contributed by atoms with Crippen LogP contribution < -0.4 is 0 Å². The molecular formula is C12H14BrF2NO4S. The van der Waals surface area contributed by atoms with E-state index in [-0.39, 0.29) is 11.0 Å². The maximum absolute atomic E-state index is 13.8. The van der Waals surface area contributed by atoms with Crippen LogP contribution in [-0.4, -0.2) is 38.9 Å². The number of sulfonamides is 1. The van der Waals surface area contributed by atoms with Gasteiger partial charge in [-0.25, -0.2) is 17.2 Å². The van der Waals surface area contributed by atoms with Gasteiger partial charge < -0.3 is 4.74 Å². The van der Waals surface area contributed by atoms with E-state index in [4.69, 9.17) is 0 Å². The number of halogens is 3. The molecule has 0 spiro atoms. The van der Waals surface area contributed by atoms with Crippen LogP contribution in [0.15, 0.2) is 21.5 Å². The number of hydrogen-bond donors (Lipinski definition) is 0. The first-order chi connectivity index (χ1) is 9.73. The SMILES string of the molecule is CCCN(CC(=O)OC)S(=O)(=O)c1c(F)cc(F)cc1Br. The molecule has 0 amide bonds. The van der Waals surface area contributed by atoms with E-state index < -0.39 is 39.1 Å². The molecular weight excluding hydrogens is 372 g/mol. The molecule has 0 N–H and O–H groups in total. The topological polar surface area (TPSA) is 63.7 Å². The van der Waals surface area contributed by atoms with Crippen molar-refractivity contribution in [2.24, 2.45) is 0 Å². The van der Waals surface area contributed by atoms with Crippen LogP contribution in [0.25, 0.3) is 0 Å². The zero-order valence-corrected chi connectivity index (χ0v) is 13.8. The van der Waals surface area contributed by atoms with E-state index in [0.29, 0.717) is 12.5 Å². The number of benzene rings is 1. The van der Waals surface area contributed by atoms with Crippen LogP contribution in [0.5, 0.6) is 0 Å². The summed E-state index contributed by atoms with van der Waals surface area (Å²) >= 11 is 2.83. The van der Waals surface area contributed by atoms with Gasteiger partial charge in [-0.1, -0.05) is 6.92 Å². The van der Waals surface area contributed by atoms with Gasteiger partial charge in [-0.3, -0.25) is 4.79 Å². The molecule has 0 aromatic heterocycles. The number of esters is 1. The van der Waals surface area contributed by atoms with Gasteiger partial charge in [0.2, 0.25) is 10.0 Å². The minimum atomic E-state index is -4.30. The van der Waals surface area contributed by atoms with Crippen LogP contribution >= 0.6 is 15.9 Å². The summed E-state index contributed by atoms with van der Waals surface area (Å²) in [6.07, 6.45) is 0.413. The fourth-order valence-corrected chi connectivity index (χ4v) is 4.24. The van der Waals surface area contributed by atoms with Gasteiger partial charge in [-0.15, -0.1) is 0 Å². The summed E-state index contributed by atoms with van der Waals surface area (Å²) in [5, 5.41) is 0. The third-order valence-corrected chi connectivity index (χ3v) is 5.38. The van der Waals surface area contributed by atoms with E-state index in [1.807, 2.05) is 0 Å². The van der Waals surface area contributed by atoms with Crippen LogP contribution in [0.4, 0.5) is 8.78 Å². The molecule has 0 radical (unpaired) electrons. The van der Waals surface area contributed by atoms with Crippen molar-refractivity contribution in [3.8, 4) is 0 Å². The second-order valence-electron chi connectivity index (χ2n) is 4.11. The molecule has 0 aliphatic rings. The molecule has 0 aliphatic heterocycles.